The lowest BCUT2D eigenvalue weighted by Gasteiger charge is -2.05. The third-order valence-corrected chi connectivity index (χ3v) is 3.22. The lowest BCUT2D eigenvalue weighted by Crippen LogP contribution is -1.98. The zero-order valence-electron chi connectivity index (χ0n) is 8.63. The van der Waals surface area contributed by atoms with Gasteiger partial charge in [0.1, 0.15) is 5.78 Å². The Labute approximate surface area is 107 Å². The summed E-state index contributed by atoms with van der Waals surface area (Å²) in [6.45, 7) is 1.54. The Balaban J connectivity index is 2.63. The van der Waals surface area contributed by atoms with Crippen LogP contribution >= 0.6 is 27.5 Å². The number of Topliss-reactive ketones (excluding diaryl/α,β-unsaturated/α-hetero) is 1. The van der Waals surface area contributed by atoms with Crippen LogP contribution in [-0.2, 0) is 11.2 Å². The van der Waals surface area contributed by atoms with Gasteiger partial charge in [0.15, 0.2) is 0 Å². The van der Waals surface area contributed by atoms with Gasteiger partial charge in [-0.25, -0.2) is 0 Å². The molecule has 0 amide bonds. The second-order valence-corrected chi connectivity index (χ2v) is 4.93. The number of rotatable bonds is 2. The fourth-order valence-corrected chi connectivity index (χ4v) is 2.19. The van der Waals surface area contributed by atoms with Gasteiger partial charge in [-0.05, 0) is 30.7 Å². The molecule has 0 bridgehead atoms. The summed E-state index contributed by atoms with van der Waals surface area (Å²) in [7, 11) is 0. The first-order valence-electron chi connectivity index (χ1n) is 4.80. The van der Waals surface area contributed by atoms with Gasteiger partial charge in [-0.3, -0.25) is 9.78 Å². The zero-order valence-corrected chi connectivity index (χ0v) is 11.0. The molecule has 4 heteroatoms. The van der Waals surface area contributed by atoms with Crippen molar-refractivity contribution in [2.45, 2.75) is 13.3 Å². The van der Waals surface area contributed by atoms with E-state index in [2.05, 4.69) is 20.9 Å². The van der Waals surface area contributed by atoms with E-state index in [-0.39, 0.29) is 5.78 Å². The summed E-state index contributed by atoms with van der Waals surface area (Å²) in [6.07, 6.45) is 1.99. The summed E-state index contributed by atoms with van der Waals surface area (Å²) in [6, 6.07) is 5.72. The standard InChI is InChI=1S/C12H9BrClNO/c1-7(16)4-8-6-15-11-3-2-9(13)5-10(11)12(8)14/h2-3,5-6H,4H2,1H3. The van der Waals surface area contributed by atoms with Gasteiger partial charge in [-0.2, -0.15) is 0 Å². The second kappa shape index (κ2) is 4.52. The van der Waals surface area contributed by atoms with Gasteiger partial charge < -0.3 is 0 Å². The highest BCUT2D eigenvalue weighted by Crippen LogP contribution is 2.28. The molecule has 0 radical (unpaired) electrons. The van der Waals surface area contributed by atoms with Crippen LogP contribution in [0.25, 0.3) is 10.9 Å². The minimum absolute atomic E-state index is 0.0815. The van der Waals surface area contributed by atoms with Gasteiger partial charge in [0.2, 0.25) is 0 Å². The molecule has 0 N–H and O–H groups in total. The van der Waals surface area contributed by atoms with Gasteiger partial charge >= 0.3 is 0 Å². The fraction of sp³-hybridized carbons (Fsp3) is 0.167. The average Bonchev–Trinajstić information content (AvgIpc) is 2.22. The highest BCUT2D eigenvalue weighted by atomic mass is 79.9. The first-order chi connectivity index (χ1) is 7.58. The van der Waals surface area contributed by atoms with Crippen LogP contribution in [-0.4, -0.2) is 10.8 Å². The molecular formula is C12H9BrClNO. The Morgan fingerprint density at radius 2 is 2.25 bits per heavy atom. The lowest BCUT2D eigenvalue weighted by atomic mass is 10.1. The highest BCUT2D eigenvalue weighted by Gasteiger charge is 2.08. The predicted molar refractivity (Wildman–Crippen MR) is 68.8 cm³/mol. The monoisotopic (exact) mass is 297 g/mol. The summed E-state index contributed by atoms with van der Waals surface area (Å²) >= 11 is 9.63. The summed E-state index contributed by atoms with van der Waals surface area (Å²) in [5.74, 6) is 0.0815. The van der Waals surface area contributed by atoms with E-state index in [1.165, 1.54) is 0 Å². The Morgan fingerprint density at radius 1 is 1.50 bits per heavy atom. The Bertz CT molecular complexity index is 568. The number of hydrogen-bond donors (Lipinski definition) is 0. The van der Waals surface area contributed by atoms with Crippen LogP contribution in [0, 0.1) is 0 Å². The molecule has 0 unspecified atom stereocenters. The molecule has 0 atom stereocenters. The van der Waals surface area contributed by atoms with Crippen LogP contribution in [0.2, 0.25) is 5.02 Å². The lowest BCUT2D eigenvalue weighted by molar-refractivity contribution is -0.116. The van der Waals surface area contributed by atoms with Crippen molar-refractivity contribution in [1.29, 1.82) is 0 Å². The van der Waals surface area contributed by atoms with Gasteiger partial charge in [0.25, 0.3) is 0 Å². The maximum atomic E-state index is 11.1. The molecule has 0 spiro atoms. The van der Waals surface area contributed by atoms with E-state index in [4.69, 9.17) is 11.6 Å². The Hall–Kier alpha value is -0.930. The van der Waals surface area contributed by atoms with Crippen LogP contribution in [0.5, 0.6) is 0 Å². The van der Waals surface area contributed by atoms with E-state index < -0.39 is 0 Å². The molecule has 1 heterocycles. The molecule has 1 aromatic carbocycles. The number of fused-ring (bicyclic) bond motifs is 1. The largest absolute Gasteiger partial charge is 0.300 e. The molecule has 16 heavy (non-hydrogen) atoms. The Kier molecular flexibility index (Phi) is 3.26. The molecule has 0 saturated heterocycles. The van der Waals surface area contributed by atoms with Crippen molar-refractivity contribution in [3.05, 3.63) is 39.5 Å². The third-order valence-electron chi connectivity index (χ3n) is 2.28. The van der Waals surface area contributed by atoms with Crippen LogP contribution in [0.15, 0.2) is 28.9 Å². The second-order valence-electron chi connectivity index (χ2n) is 3.64. The SMILES string of the molecule is CC(=O)Cc1cnc2ccc(Br)cc2c1Cl. The number of halogens is 2. The molecule has 0 saturated carbocycles. The van der Waals surface area contributed by atoms with Crippen LogP contribution < -0.4 is 0 Å². The molecular weight excluding hydrogens is 289 g/mol. The zero-order chi connectivity index (χ0) is 11.7. The highest BCUT2D eigenvalue weighted by molar-refractivity contribution is 9.10. The minimum atomic E-state index is 0.0815. The van der Waals surface area contributed by atoms with Gasteiger partial charge in [0.05, 0.1) is 10.5 Å². The predicted octanol–water partition coefficient (Wildman–Crippen LogP) is 3.78. The summed E-state index contributed by atoms with van der Waals surface area (Å²) in [4.78, 5) is 15.4. The van der Waals surface area contributed by atoms with Crippen LogP contribution in [0.3, 0.4) is 0 Å². The molecule has 0 aliphatic heterocycles. The molecule has 0 aliphatic rings. The molecule has 82 valence electrons. The average molecular weight is 299 g/mol. The number of hydrogen-bond acceptors (Lipinski definition) is 2. The molecule has 0 fully saturated rings. The topological polar surface area (TPSA) is 30.0 Å². The number of aromatic nitrogens is 1. The molecule has 2 nitrogen and oxygen atoms in total. The summed E-state index contributed by atoms with van der Waals surface area (Å²) in [5, 5.41) is 1.48. The summed E-state index contributed by atoms with van der Waals surface area (Å²) < 4.78 is 0.948. The summed E-state index contributed by atoms with van der Waals surface area (Å²) in [5.41, 5.74) is 1.61. The molecule has 2 rings (SSSR count). The van der Waals surface area contributed by atoms with Crippen LogP contribution in [0.4, 0.5) is 0 Å². The molecule has 2 aromatic rings. The van der Waals surface area contributed by atoms with Crippen molar-refractivity contribution in [2.24, 2.45) is 0 Å². The van der Waals surface area contributed by atoms with E-state index in [9.17, 15) is 4.79 Å². The van der Waals surface area contributed by atoms with Crippen molar-refractivity contribution in [3.63, 3.8) is 0 Å². The Morgan fingerprint density at radius 3 is 2.94 bits per heavy atom. The molecule has 1 aromatic heterocycles. The number of benzene rings is 1. The van der Waals surface area contributed by atoms with E-state index in [0.717, 1.165) is 20.9 Å². The van der Waals surface area contributed by atoms with E-state index in [0.29, 0.717) is 11.4 Å². The van der Waals surface area contributed by atoms with E-state index in [1.54, 1.807) is 13.1 Å². The normalized spacial score (nSPS) is 10.7. The van der Waals surface area contributed by atoms with Gasteiger partial charge in [0, 0.05) is 22.5 Å². The molecule has 0 aliphatic carbocycles. The van der Waals surface area contributed by atoms with Crippen molar-refractivity contribution in [1.82, 2.24) is 4.98 Å². The third kappa shape index (κ3) is 2.25. The number of nitrogens with zero attached hydrogens (tertiary/aromatic N) is 1. The van der Waals surface area contributed by atoms with Crippen molar-refractivity contribution < 1.29 is 4.79 Å². The smallest absolute Gasteiger partial charge is 0.134 e. The number of ketones is 1. The van der Waals surface area contributed by atoms with Gasteiger partial charge in [-0.15, -0.1) is 0 Å². The number of pyridine rings is 1. The fourth-order valence-electron chi connectivity index (χ4n) is 1.57. The van der Waals surface area contributed by atoms with E-state index in [1.807, 2.05) is 18.2 Å². The van der Waals surface area contributed by atoms with E-state index >= 15 is 0 Å². The van der Waals surface area contributed by atoms with Crippen molar-refractivity contribution in [3.8, 4) is 0 Å². The van der Waals surface area contributed by atoms with Crippen molar-refractivity contribution in [2.75, 3.05) is 0 Å². The minimum Gasteiger partial charge on any atom is -0.300 e. The number of carbonyl (C=O) groups excluding carboxylic acids is 1. The maximum Gasteiger partial charge on any atom is 0.134 e. The first kappa shape index (κ1) is 11.6. The maximum absolute atomic E-state index is 11.1. The number of carbonyl (C=O) groups is 1. The first-order valence-corrected chi connectivity index (χ1v) is 5.97. The van der Waals surface area contributed by atoms with Crippen LogP contribution in [0.1, 0.15) is 12.5 Å². The van der Waals surface area contributed by atoms with Gasteiger partial charge in [-0.1, -0.05) is 27.5 Å². The quantitative estimate of drug-likeness (QED) is 0.844. The van der Waals surface area contributed by atoms with Crippen molar-refractivity contribution >= 4 is 44.2 Å².